The topological polar surface area (TPSA) is 117 Å². The second-order valence-electron chi connectivity index (χ2n) is 10.7. The molecule has 2 unspecified atom stereocenters. The number of hydrogen-bond acceptors (Lipinski definition) is 6. The van der Waals surface area contributed by atoms with Gasteiger partial charge in [0.25, 0.3) is 5.91 Å². The molecule has 2 atom stereocenters. The highest BCUT2D eigenvalue weighted by Crippen LogP contribution is 2.26. The first-order chi connectivity index (χ1) is 20.4. The molecule has 0 aliphatic carbocycles. The van der Waals surface area contributed by atoms with Gasteiger partial charge in [-0.2, -0.15) is 0 Å². The highest BCUT2D eigenvalue weighted by molar-refractivity contribution is 5.99. The number of anilines is 1. The van der Waals surface area contributed by atoms with Gasteiger partial charge in [-0.25, -0.2) is 4.79 Å². The highest BCUT2D eigenvalue weighted by Gasteiger charge is 2.36. The van der Waals surface area contributed by atoms with Crippen LogP contribution < -0.4 is 15.4 Å². The second-order valence-corrected chi connectivity index (χ2v) is 10.7. The molecule has 0 saturated carbocycles. The van der Waals surface area contributed by atoms with Gasteiger partial charge in [0.2, 0.25) is 5.91 Å². The molecule has 0 heterocycles. The van der Waals surface area contributed by atoms with Crippen molar-refractivity contribution in [2.24, 2.45) is 0 Å². The van der Waals surface area contributed by atoms with Gasteiger partial charge in [-0.05, 0) is 80.4 Å². The Morgan fingerprint density at radius 3 is 2.19 bits per heavy atom. The number of alkyl carbamates (subject to hydrolysis) is 1. The standard InChI is InChI=1S/C34H37N3O6/c1-7-21-37(32(40)29(36-33(41)43-34(3,4)5)22-24-11-17-27(38)18-12-24)30(25-13-9-23(8-2)10-14-25)31(39)35-26-15-19-28(42-6)20-16-26/h2,7,9-20,29-30,38H,1,21-22H2,3-6H3,(H,35,39)(H,36,41). The maximum atomic E-state index is 14.3. The van der Waals surface area contributed by atoms with Crippen LogP contribution in [0, 0.1) is 12.3 Å². The first-order valence-corrected chi connectivity index (χ1v) is 13.6. The zero-order valence-electron chi connectivity index (χ0n) is 24.8. The monoisotopic (exact) mass is 583 g/mol. The van der Waals surface area contributed by atoms with Crippen LogP contribution >= 0.6 is 0 Å². The zero-order valence-corrected chi connectivity index (χ0v) is 24.8. The van der Waals surface area contributed by atoms with Crippen LogP contribution in [0.5, 0.6) is 11.5 Å². The van der Waals surface area contributed by atoms with Crippen LogP contribution in [0.2, 0.25) is 0 Å². The molecule has 0 aromatic heterocycles. The van der Waals surface area contributed by atoms with E-state index >= 15 is 0 Å². The number of carbonyl (C=O) groups excluding carboxylic acids is 3. The first kappa shape index (κ1) is 32.3. The summed E-state index contributed by atoms with van der Waals surface area (Å²) < 4.78 is 10.6. The van der Waals surface area contributed by atoms with Crippen molar-refractivity contribution in [2.45, 2.75) is 44.9 Å². The van der Waals surface area contributed by atoms with Crippen molar-refractivity contribution in [3.63, 3.8) is 0 Å². The molecule has 3 amide bonds. The minimum Gasteiger partial charge on any atom is -0.508 e. The third-order valence-corrected chi connectivity index (χ3v) is 6.28. The lowest BCUT2D eigenvalue weighted by molar-refractivity contribution is -0.140. The first-order valence-electron chi connectivity index (χ1n) is 13.6. The number of aromatic hydroxyl groups is 1. The van der Waals surface area contributed by atoms with Crippen molar-refractivity contribution in [3.05, 3.63) is 102 Å². The summed E-state index contributed by atoms with van der Waals surface area (Å²) in [5, 5.41) is 15.3. The van der Waals surface area contributed by atoms with E-state index in [1.807, 2.05) is 0 Å². The van der Waals surface area contributed by atoms with Gasteiger partial charge in [0, 0.05) is 24.2 Å². The molecule has 0 fully saturated rings. The van der Waals surface area contributed by atoms with E-state index in [1.54, 1.807) is 88.5 Å². The molecule has 3 aromatic rings. The largest absolute Gasteiger partial charge is 0.508 e. The van der Waals surface area contributed by atoms with Crippen molar-refractivity contribution in [2.75, 3.05) is 19.0 Å². The molecule has 0 radical (unpaired) electrons. The minimum atomic E-state index is -1.12. The summed E-state index contributed by atoms with van der Waals surface area (Å²) in [6.45, 7) is 8.94. The Labute approximate surface area is 252 Å². The number of methoxy groups -OCH3 is 1. The van der Waals surface area contributed by atoms with Crippen LogP contribution in [0.1, 0.15) is 43.5 Å². The lowest BCUT2D eigenvalue weighted by Crippen LogP contribution is -2.53. The average molecular weight is 584 g/mol. The zero-order chi connectivity index (χ0) is 31.6. The Hall–Kier alpha value is -5.23. The molecular formula is C34H37N3O6. The van der Waals surface area contributed by atoms with Gasteiger partial charge in [-0.1, -0.05) is 36.3 Å². The molecule has 0 bridgehead atoms. The molecule has 3 N–H and O–H groups in total. The third kappa shape index (κ3) is 9.40. The summed E-state index contributed by atoms with van der Waals surface area (Å²) in [5.74, 6) is 2.19. The minimum absolute atomic E-state index is 0.0154. The normalized spacial score (nSPS) is 12.2. The summed E-state index contributed by atoms with van der Waals surface area (Å²) in [7, 11) is 1.54. The predicted molar refractivity (Wildman–Crippen MR) is 166 cm³/mol. The summed E-state index contributed by atoms with van der Waals surface area (Å²) in [6, 6.07) is 17.6. The lowest BCUT2D eigenvalue weighted by Gasteiger charge is -2.34. The van der Waals surface area contributed by atoms with Crippen LogP contribution in [0.4, 0.5) is 10.5 Å². The molecule has 43 heavy (non-hydrogen) atoms. The number of ether oxygens (including phenoxy) is 2. The Morgan fingerprint density at radius 1 is 1.02 bits per heavy atom. The number of benzene rings is 3. The smallest absolute Gasteiger partial charge is 0.408 e. The van der Waals surface area contributed by atoms with Crippen LogP contribution in [0.3, 0.4) is 0 Å². The fourth-order valence-electron chi connectivity index (χ4n) is 4.30. The molecule has 3 rings (SSSR count). The molecule has 9 nitrogen and oxygen atoms in total. The number of amides is 3. The number of nitrogens with one attached hydrogen (secondary N) is 2. The van der Waals surface area contributed by atoms with Gasteiger partial charge < -0.3 is 30.1 Å². The number of nitrogens with zero attached hydrogens (tertiary/aromatic N) is 1. The molecule has 3 aromatic carbocycles. The maximum Gasteiger partial charge on any atom is 0.408 e. The van der Waals surface area contributed by atoms with Gasteiger partial charge in [0.1, 0.15) is 29.2 Å². The van der Waals surface area contributed by atoms with E-state index in [-0.39, 0.29) is 18.7 Å². The highest BCUT2D eigenvalue weighted by atomic mass is 16.6. The number of phenolic OH excluding ortho intramolecular Hbond substituents is 1. The molecule has 0 saturated heterocycles. The van der Waals surface area contributed by atoms with Gasteiger partial charge in [-0.3, -0.25) is 9.59 Å². The predicted octanol–water partition coefficient (Wildman–Crippen LogP) is 5.21. The summed E-state index contributed by atoms with van der Waals surface area (Å²) in [4.78, 5) is 42.4. The van der Waals surface area contributed by atoms with Gasteiger partial charge in [0.15, 0.2) is 0 Å². The van der Waals surface area contributed by atoms with E-state index < -0.39 is 35.6 Å². The molecule has 0 aliphatic heterocycles. The number of phenols is 1. The Bertz CT molecular complexity index is 1450. The van der Waals surface area contributed by atoms with Crippen LogP contribution in [-0.4, -0.2) is 53.2 Å². The van der Waals surface area contributed by atoms with E-state index in [0.29, 0.717) is 28.1 Å². The van der Waals surface area contributed by atoms with Crippen molar-refractivity contribution >= 4 is 23.6 Å². The number of terminal acetylenes is 1. The van der Waals surface area contributed by atoms with Crippen molar-refractivity contribution < 1.29 is 29.0 Å². The van der Waals surface area contributed by atoms with Gasteiger partial charge in [-0.15, -0.1) is 13.0 Å². The van der Waals surface area contributed by atoms with Crippen LogP contribution in [0.25, 0.3) is 0 Å². The van der Waals surface area contributed by atoms with E-state index in [0.717, 1.165) is 0 Å². The Morgan fingerprint density at radius 2 is 1.65 bits per heavy atom. The van der Waals surface area contributed by atoms with Gasteiger partial charge >= 0.3 is 6.09 Å². The fraction of sp³-hybridized carbons (Fsp3) is 0.265. The number of carbonyl (C=O) groups is 3. The molecule has 9 heteroatoms. The molecule has 224 valence electrons. The quantitative estimate of drug-likeness (QED) is 0.211. The summed E-state index contributed by atoms with van der Waals surface area (Å²) in [5.41, 5.74) is 1.46. The van der Waals surface area contributed by atoms with Crippen LogP contribution in [-0.2, 0) is 20.7 Å². The molecule has 0 aliphatic rings. The second kappa shape index (κ2) is 14.6. The van der Waals surface area contributed by atoms with Crippen molar-refractivity contribution in [1.82, 2.24) is 10.2 Å². The van der Waals surface area contributed by atoms with Crippen LogP contribution in [0.15, 0.2) is 85.5 Å². The van der Waals surface area contributed by atoms with Gasteiger partial charge in [0.05, 0.1) is 7.11 Å². The molecule has 0 spiro atoms. The van der Waals surface area contributed by atoms with Crippen molar-refractivity contribution in [3.8, 4) is 23.8 Å². The number of hydrogen-bond donors (Lipinski definition) is 3. The van der Waals surface area contributed by atoms with E-state index in [9.17, 15) is 19.5 Å². The van der Waals surface area contributed by atoms with E-state index in [1.165, 1.54) is 23.1 Å². The number of rotatable bonds is 11. The Balaban J connectivity index is 2.04. The van der Waals surface area contributed by atoms with E-state index in [4.69, 9.17) is 15.9 Å². The fourth-order valence-corrected chi connectivity index (χ4v) is 4.30. The maximum absolute atomic E-state index is 14.3. The lowest BCUT2D eigenvalue weighted by atomic mass is 9.99. The summed E-state index contributed by atoms with van der Waals surface area (Å²) in [6.07, 6.45) is 6.32. The third-order valence-electron chi connectivity index (χ3n) is 6.28. The Kier molecular flexibility index (Phi) is 11.0. The van der Waals surface area contributed by atoms with Crippen molar-refractivity contribution in [1.29, 1.82) is 0 Å². The summed E-state index contributed by atoms with van der Waals surface area (Å²) >= 11 is 0. The van der Waals surface area contributed by atoms with E-state index in [2.05, 4.69) is 23.1 Å². The molecular weight excluding hydrogens is 546 g/mol. The SMILES string of the molecule is C#Cc1ccc(C(C(=O)Nc2ccc(OC)cc2)N(CC=C)C(=O)C(Cc2ccc(O)cc2)NC(=O)OC(C)(C)C)cc1. The average Bonchev–Trinajstić information content (AvgIpc) is 2.97.